The maximum atomic E-state index is 12.1. The number of ether oxygens (including phenoxy) is 1. The number of hydrogen-bond donors (Lipinski definition) is 1. The molecule has 1 aliphatic rings. The molecule has 1 N–H and O–H groups in total. The Hall–Kier alpha value is -2.10. The van der Waals surface area contributed by atoms with Gasteiger partial charge in [-0.3, -0.25) is 0 Å². The van der Waals surface area contributed by atoms with E-state index in [9.17, 15) is 8.78 Å². The quantitative estimate of drug-likeness (QED) is 0.820. The van der Waals surface area contributed by atoms with Gasteiger partial charge in [-0.2, -0.15) is 8.78 Å². The van der Waals surface area contributed by atoms with Crippen molar-refractivity contribution >= 4 is 5.69 Å². The van der Waals surface area contributed by atoms with E-state index in [4.69, 9.17) is 0 Å². The minimum atomic E-state index is -2.78. The summed E-state index contributed by atoms with van der Waals surface area (Å²) in [7, 11) is 0. The van der Waals surface area contributed by atoms with E-state index in [1.54, 1.807) is 24.3 Å². The first-order chi connectivity index (χ1) is 10.2. The molecule has 1 atom stereocenters. The Morgan fingerprint density at radius 2 is 1.62 bits per heavy atom. The molecule has 0 aromatic heterocycles. The van der Waals surface area contributed by atoms with E-state index in [1.165, 1.54) is 18.4 Å². The number of anilines is 1. The monoisotopic (exact) mass is 289 g/mol. The summed E-state index contributed by atoms with van der Waals surface area (Å²) in [6.07, 6.45) is 2.44. The normalized spacial score (nSPS) is 15.8. The summed E-state index contributed by atoms with van der Waals surface area (Å²) in [5, 5.41) is 3.49. The zero-order valence-electron chi connectivity index (χ0n) is 11.5. The summed E-state index contributed by atoms with van der Waals surface area (Å²) in [4.78, 5) is 0. The Morgan fingerprint density at radius 3 is 2.19 bits per heavy atom. The molecule has 0 amide bonds. The van der Waals surface area contributed by atoms with Crippen LogP contribution in [0.2, 0.25) is 0 Å². The summed E-state index contributed by atoms with van der Waals surface area (Å²) >= 11 is 0. The van der Waals surface area contributed by atoms with E-state index in [0.717, 1.165) is 5.69 Å². The first kappa shape index (κ1) is 13.9. The Morgan fingerprint density at radius 1 is 0.952 bits per heavy atom. The van der Waals surface area contributed by atoms with Crippen LogP contribution in [0.3, 0.4) is 0 Å². The summed E-state index contributed by atoms with van der Waals surface area (Å²) < 4.78 is 28.6. The van der Waals surface area contributed by atoms with Gasteiger partial charge in [-0.15, -0.1) is 0 Å². The number of benzene rings is 2. The molecule has 2 aromatic rings. The number of nitrogens with one attached hydrogen (secondary N) is 1. The van der Waals surface area contributed by atoms with Gasteiger partial charge in [0, 0.05) is 5.69 Å². The third-order valence-corrected chi connectivity index (χ3v) is 3.65. The largest absolute Gasteiger partial charge is 0.435 e. The number of alkyl halides is 2. The second kappa shape index (κ2) is 6.12. The zero-order valence-corrected chi connectivity index (χ0v) is 11.5. The van der Waals surface area contributed by atoms with Crippen molar-refractivity contribution in [2.45, 2.75) is 25.5 Å². The fraction of sp³-hybridized carbons (Fsp3) is 0.294. The van der Waals surface area contributed by atoms with Crippen molar-refractivity contribution in [1.82, 2.24) is 0 Å². The number of halogens is 2. The molecular weight excluding hydrogens is 272 g/mol. The topological polar surface area (TPSA) is 21.3 Å². The van der Waals surface area contributed by atoms with Crippen molar-refractivity contribution in [2.24, 2.45) is 5.92 Å². The fourth-order valence-electron chi connectivity index (χ4n) is 2.48. The van der Waals surface area contributed by atoms with Gasteiger partial charge in [-0.25, -0.2) is 0 Å². The molecule has 21 heavy (non-hydrogen) atoms. The van der Waals surface area contributed by atoms with Crippen molar-refractivity contribution in [3.8, 4) is 5.75 Å². The lowest BCUT2D eigenvalue weighted by Gasteiger charge is -2.20. The van der Waals surface area contributed by atoms with Crippen molar-refractivity contribution in [2.75, 3.05) is 5.32 Å². The molecule has 0 bridgehead atoms. The van der Waals surface area contributed by atoms with E-state index >= 15 is 0 Å². The van der Waals surface area contributed by atoms with Crippen LogP contribution >= 0.6 is 0 Å². The maximum absolute atomic E-state index is 12.1. The SMILES string of the molecule is FC(F)Oc1ccc(NC(c2ccccc2)C2CC2)cc1. The molecule has 0 radical (unpaired) electrons. The molecule has 1 saturated carbocycles. The average molecular weight is 289 g/mol. The van der Waals surface area contributed by atoms with E-state index in [2.05, 4.69) is 22.2 Å². The highest BCUT2D eigenvalue weighted by Crippen LogP contribution is 2.42. The molecule has 0 spiro atoms. The van der Waals surface area contributed by atoms with Gasteiger partial charge >= 0.3 is 6.61 Å². The van der Waals surface area contributed by atoms with Gasteiger partial charge in [0.15, 0.2) is 0 Å². The van der Waals surface area contributed by atoms with Crippen molar-refractivity contribution in [3.63, 3.8) is 0 Å². The third kappa shape index (κ3) is 3.72. The first-order valence-corrected chi connectivity index (χ1v) is 7.09. The minimum absolute atomic E-state index is 0.179. The number of rotatable bonds is 6. The lowest BCUT2D eigenvalue weighted by atomic mass is 10.0. The highest BCUT2D eigenvalue weighted by atomic mass is 19.3. The lowest BCUT2D eigenvalue weighted by Crippen LogP contribution is -2.12. The molecular formula is C17H17F2NO. The van der Waals surface area contributed by atoms with Crippen molar-refractivity contribution in [1.29, 1.82) is 0 Å². The predicted molar refractivity (Wildman–Crippen MR) is 78.6 cm³/mol. The molecule has 4 heteroatoms. The molecule has 3 rings (SSSR count). The Labute approximate surface area is 122 Å². The molecule has 2 nitrogen and oxygen atoms in total. The molecule has 1 unspecified atom stereocenters. The van der Waals surface area contributed by atoms with E-state index in [1.807, 2.05) is 18.2 Å². The standard InChI is InChI=1S/C17H17F2NO/c18-17(19)21-15-10-8-14(9-11-15)20-16(13-6-7-13)12-4-2-1-3-5-12/h1-5,8-11,13,16-17,20H,6-7H2. The van der Waals surface area contributed by atoms with Gasteiger partial charge in [-0.1, -0.05) is 30.3 Å². The molecule has 110 valence electrons. The van der Waals surface area contributed by atoms with Crippen LogP contribution in [0, 0.1) is 5.92 Å². The van der Waals surface area contributed by atoms with Crippen LogP contribution in [-0.2, 0) is 0 Å². The van der Waals surface area contributed by atoms with Gasteiger partial charge in [0.05, 0.1) is 6.04 Å². The van der Waals surface area contributed by atoms with Crippen LogP contribution in [0.25, 0.3) is 0 Å². The first-order valence-electron chi connectivity index (χ1n) is 7.09. The van der Waals surface area contributed by atoms with Crippen LogP contribution < -0.4 is 10.1 Å². The van der Waals surface area contributed by atoms with Crippen LogP contribution in [0.15, 0.2) is 54.6 Å². The molecule has 2 aromatic carbocycles. The number of hydrogen-bond acceptors (Lipinski definition) is 2. The molecule has 1 aliphatic carbocycles. The van der Waals surface area contributed by atoms with Crippen molar-refractivity contribution < 1.29 is 13.5 Å². The Balaban J connectivity index is 1.71. The summed E-state index contributed by atoms with van der Waals surface area (Å²) in [6, 6.07) is 17.2. The van der Waals surface area contributed by atoms with Gasteiger partial charge in [0.25, 0.3) is 0 Å². The van der Waals surface area contributed by atoms with Gasteiger partial charge < -0.3 is 10.1 Å². The van der Waals surface area contributed by atoms with Crippen LogP contribution in [0.1, 0.15) is 24.4 Å². The Kier molecular flexibility index (Phi) is 4.04. The minimum Gasteiger partial charge on any atom is -0.435 e. The molecule has 1 fully saturated rings. The maximum Gasteiger partial charge on any atom is 0.387 e. The second-order valence-corrected chi connectivity index (χ2v) is 5.27. The summed E-state index contributed by atoms with van der Waals surface area (Å²) in [5.74, 6) is 0.822. The van der Waals surface area contributed by atoms with E-state index < -0.39 is 6.61 Å². The fourth-order valence-corrected chi connectivity index (χ4v) is 2.48. The Bertz CT molecular complexity index is 567. The second-order valence-electron chi connectivity index (χ2n) is 5.27. The smallest absolute Gasteiger partial charge is 0.387 e. The van der Waals surface area contributed by atoms with E-state index in [-0.39, 0.29) is 11.8 Å². The van der Waals surface area contributed by atoms with Gasteiger partial charge in [0.2, 0.25) is 0 Å². The summed E-state index contributed by atoms with van der Waals surface area (Å²) in [6.45, 7) is -2.78. The zero-order chi connectivity index (χ0) is 14.7. The van der Waals surface area contributed by atoms with Crippen LogP contribution in [0.5, 0.6) is 5.75 Å². The van der Waals surface area contributed by atoms with E-state index in [0.29, 0.717) is 5.92 Å². The highest BCUT2D eigenvalue weighted by Gasteiger charge is 2.32. The lowest BCUT2D eigenvalue weighted by molar-refractivity contribution is -0.0498. The predicted octanol–water partition coefficient (Wildman–Crippen LogP) is 4.85. The van der Waals surface area contributed by atoms with Gasteiger partial charge in [0.1, 0.15) is 5.75 Å². The highest BCUT2D eigenvalue weighted by molar-refractivity contribution is 5.48. The average Bonchev–Trinajstić information content (AvgIpc) is 3.31. The van der Waals surface area contributed by atoms with Crippen LogP contribution in [0.4, 0.5) is 14.5 Å². The summed E-state index contributed by atoms with van der Waals surface area (Å²) in [5.41, 5.74) is 2.17. The van der Waals surface area contributed by atoms with Crippen molar-refractivity contribution in [3.05, 3.63) is 60.2 Å². The third-order valence-electron chi connectivity index (χ3n) is 3.65. The molecule has 0 aliphatic heterocycles. The molecule has 0 saturated heterocycles. The van der Waals surface area contributed by atoms with Gasteiger partial charge in [-0.05, 0) is 48.6 Å². The van der Waals surface area contributed by atoms with Crippen LogP contribution in [-0.4, -0.2) is 6.61 Å². The molecule has 0 heterocycles.